The summed E-state index contributed by atoms with van der Waals surface area (Å²) in [7, 11) is 0. The Morgan fingerprint density at radius 1 is 1.03 bits per heavy atom. The molecule has 3 heterocycles. The molecule has 0 spiro atoms. The van der Waals surface area contributed by atoms with Crippen LogP contribution < -0.4 is 15.5 Å². The van der Waals surface area contributed by atoms with E-state index in [0.29, 0.717) is 49.0 Å². The first-order valence-corrected chi connectivity index (χ1v) is 11.3. The average molecular weight is 459 g/mol. The summed E-state index contributed by atoms with van der Waals surface area (Å²) in [6.45, 7) is 5.89. The summed E-state index contributed by atoms with van der Waals surface area (Å²) in [5.74, 6) is 2.82. The number of morpholine rings is 1. The van der Waals surface area contributed by atoms with Gasteiger partial charge in [0, 0.05) is 43.4 Å². The van der Waals surface area contributed by atoms with Gasteiger partial charge >= 0.3 is 0 Å². The second-order valence-electron chi connectivity index (χ2n) is 8.05. The normalized spacial score (nSPS) is 13.7. The van der Waals surface area contributed by atoms with Gasteiger partial charge in [0.1, 0.15) is 23.0 Å². The number of carbonyl (C=O) groups is 1. The summed E-state index contributed by atoms with van der Waals surface area (Å²) in [6.07, 6.45) is 0. The van der Waals surface area contributed by atoms with Gasteiger partial charge in [0.05, 0.1) is 18.6 Å². The number of carbonyl (C=O) groups excluding carboxylic acids is 1. The molecular formula is C25H26N6O3. The highest BCUT2D eigenvalue weighted by Crippen LogP contribution is 2.29. The molecule has 1 aliphatic heterocycles. The summed E-state index contributed by atoms with van der Waals surface area (Å²) >= 11 is 0. The summed E-state index contributed by atoms with van der Waals surface area (Å²) in [4.78, 5) is 23.9. The molecule has 1 fully saturated rings. The van der Waals surface area contributed by atoms with E-state index in [4.69, 9.17) is 9.26 Å². The van der Waals surface area contributed by atoms with Crippen LogP contribution in [0.1, 0.15) is 16.2 Å². The van der Waals surface area contributed by atoms with Crippen molar-refractivity contribution in [1.82, 2.24) is 20.4 Å². The van der Waals surface area contributed by atoms with E-state index in [2.05, 4.69) is 30.7 Å². The standard InChI is InChI=1S/C25H26N6O3/c1-17-28-22(16-23(29-17)31-11-13-33-14-12-31)26-9-10-27-25(32)19-7-8-21-20(15-19)24(34-30-21)18-5-3-2-4-6-18/h2-8,15-16H,9-14H2,1H3,(H,27,32)(H,26,28,29). The SMILES string of the molecule is Cc1nc(NCCNC(=O)c2ccc3noc(-c4ccccc4)c3c2)cc(N2CCOCC2)n1. The fourth-order valence-corrected chi connectivity index (χ4v) is 3.95. The van der Waals surface area contributed by atoms with Gasteiger partial charge < -0.3 is 24.8 Å². The van der Waals surface area contributed by atoms with Crippen LogP contribution in [-0.4, -0.2) is 60.4 Å². The van der Waals surface area contributed by atoms with Gasteiger partial charge in [-0.1, -0.05) is 35.5 Å². The predicted octanol–water partition coefficient (Wildman–Crippen LogP) is 3.27. The molecule has 2 aromatic heterocycles. The number of nitrogens with zero attached hydrogens (tertiary/aromatic N) is 4. The van der Waals surface area contributed by atoms with Crippen LogP contribution in [0.2, 0.25) is 0 Å². The molecule has 2 N–H and O–H groups in total. The fraction of sp³-hybridized carbons (Fsp3) is 0.280. The molecule has 1 amide bonds. The molecule has 9 nitrogen and oxygen atoms in total. The van der Waals surface area contributed by atoms with Gasteiger partial charge in [-0.05, 0) is 25.1 Å². The van der Waals surface area contributed by atoms with Crippen molar-refractivity contribution in [3.8, 4) is 11.3 Å². The van der Waals surface area contributed by atoms with E-state index in [-0.39, 0.29) is 5.91 Å². The van der Waals surface area contributed by atoms with E-state index in [1.807, 2.05) is 49.4 Å². The average Bonchev–Trinajstić information content (AvgIpc) is 3.30. The van der Waals surface area contributed by atoms with Crippen molar-refractivity contribution >= 4 is 28.4 Å². The Hall–Kier alpha value is -3.98. The van der Waals surface area contributed by atoms with Crippen molar-refractivity contribution in [3.05, 3.63) is 66.0 Å². The Labute approximate surface area is 197 Å². The van der Waals surface area contributed by atoms with Crippen molar-refractivity contribution in [1.29, 1.82) is 0 Å². The molecule has 34 heavy (non-hydrogen) atoms. The zero-order chi connectivity index (χ0) is 23.3. The fourth-order valence-electron chi connectivity index (χ4n) is 3.95. The molecular weight excluding hydrogens is 432 g/mol. The number of nitrogens with one attached hydrogen (secondary N) is 2. The topological polar surface area (TPSA) is 105 Å². The van der Waals surface area contributed by atoms with Gasteiger partial charge in [-0.25, -0.2) is 9.97 Å². The molecule has 2 aromatic carbocycles. The van der Waals surface area contributed by atoms with Crippen LogP contribution >= 0.6 is 0 Å². The van der Waals surface area contributed by atoms with Crippen molar-refractivity contribution in [2.45, 2.75) is 6.92 Å². The quantitative estimate of drug-likeness (QED) is 0.407. The predicted molar refractivity (Wildman–Crippen MR) is 130 cm³/mol. The Morgan fingerprint density at radius 3 is 2.68 bits per heavy atom. The van der Waals surface area contributed by atoms with Gasteiger partial charge in [0.15, 0.2) is 5.76 Å². The van der Waals surface area contributed by atoms with E-state index in [0.717, 1.165) is 35.7 Å². The highest BCUT2D eigenvalue weighted by molar-refractivity contribution is 6.01. The molecule has 174 valence electrons. The molecule has 0 unspecified atom stereocenters. The molecule has 4 aromatic rings. The Balaban J connectivity index is 1.20. The zero-order valence-electron chi connectivity index (χ0n) is 19.0. The lowest BCUT2D eigenvalue weighted by molar-refractivity contribution is 0.0955. The summed E-state index contributed by atoms with van der Waals surface area (Å²) < 4.78 is 11.0. The molecule has 0 radical (unpaired) electrons. The van der Waals surface area contributed by atoms with E-state index in [1.165, 1.54) is 0 Å². The zero-order valence-corrected chi connectivity index (χ0v) is 19.0. The van der Waals surface area contributed by atoms with Crippen molar-refractivity contribution in [2.75, 3.05) is 49.6 Å². The largest absolute Gasteiger partial charge is 0.378 e. The number of anilines is 2. The van der Waals surface area contributed by atoms with E-state index in [9.17, 15) is 4.79 Å². The van der Waals surface area contributed by atoms with Crippen LogP contribution in [0, 0.1) is 6.92 Å². The number of ether oxygens (including phenoxy) is 1. The first-order chi connectivity index (χ1) is 16.7. The highest BCUT2D eigenvalue weighted by atomic mass is 16.5. The van der Waals surface area contributed by atoms with Crippen LogP contribution in [-0.2, 0) is 4.74 Å². The summed E-state index contributed by atoms with van der Waals surface area (Å²) in [5, 5.41) is 11.2. The van der Waals surface area contributed by atoms with Gasteiger partial charge in [-0.3, -0.25) is 4.79 Å². The Bertz CT molecular complexity index is 1280. The van der Waals surface area contributed by atoms with E-state index < -0.39 is 0 Å². The molecule has 5 rings (SSSR count). The van der Waals surface area contributed by atoms with Crippen LogP contribution in [0.25, 0.3) is 22.2 Å². The minimum atomic E-state index is -0.156. The number of rotatable bonds is 7. The molecule has 0 bridgehead atoms. The highest BCUT2D eigenvalue weighted by Gasteiger charge is 2.15. The number of benzene rings is 2. The Kier molecular flexibility index (Phi) is 6.35. The van der Waals surface area contributed by atoms with Crippen molar-refractivity contribution in [2.24, 2.45) is 0 Å². The van der Waals surface area contributed by atoms with E-state index >= 15 is 0 Å². The number of aromatic nitrogens is 3. The summed E-state index contributed by atoms with van der Waals surface area (Å²) in [5.41, 5.74) is 2.19. The monoisotopic (exact) mass is 458 g/mol. The molecule has 0 saturated carbocycles. The van der Waals surface area contributed by atoms with E-state index in [1.54, 1.807) is 12.1 Å². The number of hydrogen-bond donors (Lipinski definition) is 2. The van der Waals surface area contributed by atoms with Crippen LogP contribution in [0.5, 0.6) is 0 Å². The van der Waals surface area contributed by atoms with Crippen LogP contribution in [0.4, 0.5) is 11.6 Å². The molecule has 1 saturated heterocycles. The first kappa shape index (κ1) is 21.8. The number of hydrogen-bond acceptors (Lipinski definition) is 8. The minimum absolute atomic E-state index is 0.156. The number of fused-ring (bicyclic) bond motifs is 1. The van der Waals surface area contributed by atoms with Crippen LogP contribution in [0.3, 0.4) is 0 Å². The van der Waals surface area contributed by atoms with Gasteiger partial charge in [0.25, 0.3) is 5.91 Å². The second kappa shape index (κ2) is 9.88. The third-order valence-electron chi connectivity index (χ3n) is 5.65. The lowest BCUT2D eigenvalue weighted by atomic mass is 10.1. The minimum Gasteiger partial charge on any atom is -0.378 e. The number of amides is 1. The van der Waals surface area contributed by atoms with Crippen molar-refractivity contribution in [3.63, 3.8) is 0 Å². The second-order valence-corrected chi connectivity index (χ2v) is 8.05. The first-order valence-electron chi connectivity index (χ1n) is 11.3. The smallest absolute Gasteiger partial charge is 0.251 e. The van der Waals surface area contributed by atoms with Crippen molar-refractivity contribution < 1.29 is 14.1 Å². The molecule has 0 aliphatic carbocycles. The maximum atomic E-state index is 12.8. The molecule has 1 aliphatic rings. The maximum absolute atomic E-state index is 12.8. The number of aryl methyl sites for hydroxylation is 1. The van der Waals surface area contributed by atoms with Gasteiger partial charge in [-0.2, -0.15) is 0 Å². The van der Waals surface area contributed by atoms with Crippen LogP contribution in [0.15, 0.2) is 59.1 Å². The Morgan fingerprint density at radius 2 is 1.85 bits per heavy atom. The summed E-state index contributed by atoms with van der Waals surface area (Å²) in [6, 6.07) is 17.0. The maximum Gasteiger partial charge on any atom is 0.251 e. The molecule has 9 heteroatoms. The van der Waals surface area contributed by atoms with Gasteiger partial charge in [-0.15, -0.1) is 0 Å². The lowest BCUT2D eigenvalue weighted by Crippen LogP contribution is -2.37. The third kappa shape index (κ3) is 4.84. The third-order valence-corrected chi connectivity index (χ3v) is 5.65. The lowest BCUT2D eigenvalue weighted by Gasteiger charge is -2.28. The molecule has 0 atom stereocenters. The van der Waals surface area contributed by atoms with Gasteiger partial charge in [0.2, 0.25) is 0 Å².